The van der Waals surface area contributed by atoms with Crippen molar-refractivity contribution in [1.82, 2.24) is 14.7 Å². The fourth-order valence-corrected chi connectivity index (χ4v) is 3.56. The van der Waals surface area contributed by atoms with Crippen LogP contribution in [0.1, 0.15) is 35.2 Å². The monoisotopic (exact) mass is 380 g/mol. The van der Waals surface area contributed by atoms with Crippen molar-refractivity contribution in [3.05, 3.63) is 35.4 Å². The molecular weight excluding hydrogens is 352 g/mol. The first-order valence-corrected chi connectivity index (χ1v) is 9.26. The van der Waals surface area contributed by atoms with Gasteiger partial charge >= 0.3 is 0 Å². The number of carbonyl (C=O) groups excluding carboxylic acids is 2. The molecule has 7 heteroatoms. The van der Waals surface area contributed by atoms with E-state index in [4.69, 9.17) is 5.73 Å². The average Bonchev–Trinajstić information content (AvgIpc) is 3.09. The zero-order chi connectivity index (χ0) is 17.6. The van der Waals surface area contributed by atoms with E-state index in [0.29, 0.717) is 25.2 Å². The molecule has 0 bridgehead atoms. The minimum absolute atomic E-state index is 0. The van der Waals surface area contributed by atoms with Crippen LogP contribution in [0, 0.1) is 0 Å². The van der Waals surface area contributed by atoms with Gasteiger partial charge in [0.15, 0.2) is 0 Å². The van der Waals surface area contributed by atoms with Crippen molar-refractivity contribution in [2.75, 3.05) is 45.8 Å². The van der Waals surface area contributed by atoms with Crippen molar-refractivity contribution in [2.45, 2.75) is 25.8 Å². The van der Waals surface area contributed by atoms with Crippen LogP contribution >= 0.6 is 12.4 Å². The van der Waals surface area contributed by atoms with Gasteiger partial charge < -0.3 is 15.5 Å². The van der Waals surface area contributed by atoms with Gasteiger partial charge in [-0.1, -0.05) is 12.1 Å². The van der Waals surface area contributed by atoms with Crippen LogP contribution < -0.4 is 5.73 Å². The van der Waals surface area contributed by atoms with Gasteiger partial charge in [-0.3, -0.25) is 14.5 Å². The lowest BCUT2D eigenvalue weighted by molar-refractivity contribution is -0.131. The number of hydrogen-bond donors (Lipinski definition) is 1. The molecule has 0 aromatic heterocycles. The van der Waals surface area contributed by atoms with Crippen LogP contribution in [0.4, 0.5) is 0 Å². The molecule has 2 fully saturated rings. The molecule has 3 rings (SSSR count). The third-order valence-electron chi connectivity index (χ3n) is 5.13. The van der Waals surface area contributed by atoms with Gasteiger partial charge in [0.05, 0.1) is 6.54 Å². The lowest BCUT2D eigenvalue weighted by Gasteiger charge is -2.24. The molecule has 144 valence electrons. The molecule has 0 atom stereocenters. The number of amides is 2. The summed E-state index contributed by atoms with van der Waals surface area (Å²) in [7, 11) is 0. The molecule has 1 aromatic rings. The minimum atomic E-state index is 0. The molecule has 2 heterocycles. The maximum atomic E-state index is 12.7. The van der Waals surface area contributed by atoms with Crippen molar-refractivity contribution >= 4 is 24.2 Å². The number of likely N-dealkylation sites (tertiary alicyclic amines) is 1. The van der Waals surface area contributed by atoms with Gasteiger partial charge in [0, 0.05) is 51.4 Å². The van der Waals surface area contributed by atoms with E-state index < -0.39 is 0 Å². The quantitative estimate of drug-likeness (QED) is 0.855. The van der Waals surface area contributed by atoms with Gasteiger partial charge in [0.2, 0.25) is 5.91 Å². The summed E-state index contributed by atoms with van der Waals surface area (Å²) < 4.78 is 0. The maximum absolute atomic E-state index is 12.7. The molecule has 1 aromatic carbocycles. The predicted octanol–water partition coefficient (Wildman–Crippen LogP) is 1.34. The van der Waals surface area contributed by atoms with Crippen molar-refractivity contribution in [3.8, 4) is 0 Å². The summed E-state index contributed by atoms with van der Waals surface area (Å²) in [5, 5.41) is 0. The Balaban J connectivity index is 0.00000243. The van der Waals surface area contributed by atoms with Crippen LogP contribution in [0.3, 0.4) is 0 Å². The first-order valence-electron chi connectivity index (χ1n) is 9.26. The van der Waals surface area contributed by atoms with E-state index in [1.54, 1.807) is 0 Å². The zero-order valence-electron chi connectivity index (χ0n) is 15.2. The number of nitrogens with two attached hydrogens (primary N) is 1. The van der Waals surface area contributed by atoms with Crippen LogP contribution in [0.15, 0.2) is 24.3 Å². The van der Waals surface area contributed by atoms with E-state index in [1.807, 2.05) is 34.1 Å². The Morgan fingerprint density at radius 3 is 2.15 bits per heavy atom. The topological polar surface area (TPSA) is 69.9 Å². The number of benzene rings is 1. The van der Waals surface area contributed by atoms with E-state index >= 15 is 0 Å². The summed E-state index contributed by atoms with van der Waals surface area (Å²) in [6.45, 7) is 5.80. The highest BCUT2D eigenvalue weighted by molar-refractivity contribution is 5.94. The van der Waals surface area contributed by atoms with Crippen molar-refractivity contribution in [2.24, 2.45) is 5.73 Å². The van der Waals surface area contributed by atoms with Crippen LogP contribution in [-0.2, 0) is 11.3 Å². The summed E-state index contributed by atoms with van der Waals surface area (Å²) in [5.41, 5.74) is 7.34. The lowest BCUT2D eigenvalue weighted by Crippen LogP contribution is -2.41. The molecule has 2 N–H and O–H groups in total. The maximum Gasteiger partial charge on any atom is 0.253 e. The van der Waals surface area contributed by atoms with E-state index in [2.05, 4.69) is 4.90 Å². The summed E-state index contributed by atoms with van der Waals surface area (Å²) in [5.74, 6) is 0.297. The Morgan fingerprint density at radius 2 is 1.50 bits per heavy atom. The number of rotatable bonds is 4. The Kier molecular flexibility index (Phi) is 7.87. The van der Waals surface area contributed by atoms with Gasteiger partial charge in [-0.15, -0.1) is 12.4 Å². The molecule has 2 aliphatic heterocycles. The van der Waals surface area contributed by atoms with Gasteiger partial charge in [0.1, 0.15) is 0 Å². The SMILES string of the molecule is Cl.NCc1ccc(C(=O)N2CCCN(CC(=O)N3CCCC3)CC2)cc1. The van der Waals surface area contributed by atoms with Crippen LogP contribution in [0.2, 0.25) is 0 Å². The van der Waals surface area contributed by atoms with Crippen molar-refractivity contribution in [3.63, 3.8) is 0 Å². The second kappa shape index (κ2) is 9.90. The molecule has 0 aliphatic carbocycles. The third-order valence-corrected chi connectivity index (χ3v) is 5.13. The molecule has 2 amide bonds. The highest BCUT2D eigenvalue weighted by Gasteiger charge is 2.24. The molecule has 6 nitrogen and oxygen atoms in total. The molecular formula is C19H29ClN4O2. The average molecular weight is 381 g/mol. The molecule has 2 aliphatic rings. The highest BCUT2D eigenvalue weighted by Crippen LogP contribution is 2.12. The summed E-state index contributed by atoms with van der Waals surface area (Å²) in [6, 6.07) is 7.52. The molecule has 0 radical (unpaired) electrons. The normalized spacial score (nSPS) is 18.3. The molecule has 2 saturated heterocycles. The van der Waals surface area contributed by atoms with Gasteiger partial charge in [0.25, 0.3) is 5.91 Å². The molecule has 26 heavy (non-hydrogen) atoms. The number of hydrogen-bond acceptors (Lipinski definition) is 4. The third kappa shape index (κ3) is 5.19. The van der Waals surface area contributed by atoms with E-state index in [9.17, 15) is 9.59 Å². The van der Waals surface area contributed by atoms with Crippen molar-refractivity contribution in [1.29, 1.82) is 0 Å². The first-order chi connectivity index (χ1) is 12.2. The van der Waals surface area contributed by atoms with E-state index in [1.165, 1.54) is 0 Å². The van der Waals surface area contributed by atoms with Crippen LogP contribution in [0.5, 0.6) is 0 Å². The fourth-order valence-electron chi connectivity index (χ4n) is 3.56. The van der Waals surface area contributed by atoms with Crippen LogP contribution in [0.25, 0.3) is 0 Å². The summed E-state index contributed by atoms with van der Waals surface area (Å²) in [4.78, 5) is 31.1. The van der Waals surface area contributed by atoms with Crippen molar-refractivity contribution < 1.29 is 9.59 Å². The van der Waals surface area contributed by atoms with E-state index in [-0.39, 0.29) is 24.2 Å². The number of carbonyl (C=O) groups is 2. The second-order valence-corrected chi connectivity index (χ2v) is 6.91. The Bertz CT molecular complexity index is 602. The number of halogens is 1. The smallest absolute Gasteiger partial charge is 0.253 e. The Hall–Kier alpha value is -1.63. The number of nitrogens with zero attached hydrogens (tertiary/aromatic N) is 3. The largest absolute Gasteiger partial charge is 0.342 e. The highest BCUT2D eigenvalue weighted by atomic mass is 35.5. The summed E-state index contributed by atoms with van der Waals surface area (Å²) >= 11 is 0. The Morgan fingerprint density at radius 1 is 0.846 bits per heavy atom. The minimum Gasteiger partial charge on any atom is -0.342 e. The second-order valence-electron chi connectivity index (χ2n) is 6.91. The first kappa shape index (κ1) is 20.7. The van der Waals surface area contributed by atoms with Gasteiger partial charge in [-0.2, -0.15) is 0 Å². The molecule has 0 unspecified atom stereocenters. The fraction of sp³-hybridized carbons (Fsp3) is 0.579. The molecule has 0 spiro atoms. The van der Waals surface area contributed by atoms with Gasteiger partial charge in [-0.25, -0.2) is 0 Å². The predicted molar refractivity (Wildman–Crippen MR) is 104 cm³/mol. The Labute approximate surface area is 161 Å². The summed E-state index contributed by atoms with van der Waals surface area (Å²) in [6.07, 6.45) is 3.15. The zero-order valence-corrected chi connectivity index (χ0v) is 16.0. The lowest BCUT2D eigenvalue weighted by atomic mass is 10.1. The standard InChI is InChI=1S/C19H28N4O2.ClH/c20-14-16-4-6-17(7-5-16)19(25)23-11-3-8-21(12-13-23)15-18(24)22-9-1-2-10-22;/h4-7H,1-3,8-15,20H2;1H. The van der Waals surface area contributed by atoms with Crippen LogP contribution in [-0.4, -0.2) is 72.3 Å². The van der Waals surface area contributed by atoms with E-state index in [0.717, 1.165) is 57.5 Å². The molecule has 0 saturated carbocycles. The van der Waals surface area contributed by atoms with Gasteiger partial charge in [-0.05, 0) is 37.0 Å².